The Morgan fingerprint density at radius 2 is 1.86 bits per heavy atom. The highest BCUT2D eigenvalue weighted by molar-refractivity contribution is 7.13. The Morgan fingerprint density at radius 3 is 2.50 bits per heavy atom. The van der Waals surface area contributed by atoms with Crippen LogP contribution in [0.5, 0.6) is 0 Å². The zero-order chi connectivity index (χ0) is 20.3. The lowest BCUT2D eigenvalue weighted by Crippen LogP contribution is -2.52. The summed E-state index contributed by atoms with van der Waals surface area (Å²) >= 11 is 1.39. The van der Waals surface area contributed by atoms with Gasteiger partial charge in [0.25, 0.3) is 0 Å². The third kappa shape index (κ3) is 5.28. The number of aromatic nitrogens is 1. The Labute approximate surface area is 167 Å². The molecule has 1 aliphatic heterocycles. The molecule has 150 valence electrons. The minimum atomic E-state index is -0.534. The largest absolute Gasteiger partial charge is 0.444 e. The average molecular weight is 405 g/mol. The van der Waals surface area contributed by atoms with E-state index in [1.165, 1.54) is 23.5 Å². The van der Waals surface area contributed by atoms with Crippen molar-refractivity contribution < 1.29 is 18.7 Å². The maximum absolute atomic E-state index is 13.4. The van der Waals surface area contributed by atoms with Crippen LogP contribution < -0.4 is 0 Å². The lowest BCUT2D eigenvalue weighted by Gasteiger charge is -2.35. The summed E-state index contributed by atoms with van der Waals surface area (Å²) < 4.78 is 18.7. The van der Waals surface area contributed by atoms with Crippen molar-refractivity contribution in [2.45, 2.75) is 32.8 Å². The van der Waals surface area contributed by atoms with Crippen LogP contribution in [0.25, 0.3) is 10.6 Å². The van der Waals surface area contributed by atoms with Gasteiger partial charge in [-0.25, -0.2) is 14.2 Å². The first-order valence-corrected chi connectivity index (χ1v) is 10.1. The summed E-state index contributed by atoms with van der Waals surface area (Å²) in [6.07, 6.45) is -0.156. The van der Waals surface area contributed by atoms with Crippen molar-refractivity contribution in [2.24, 2.45) is 0 Å². The van der Waals surface area contributed by atoms with Crippen LogP contribution in [0.15, 0.2) is 29.6 Å². The monoisotopic (exact) mass is 405 g/mol. The number of hydrogen-bond acceptors (Lipinski definition) is 5. The van der Waals surface area contributed by atoms with Gasteiger partial charge in [0.05, 0.1) is 12.1 Å². The van der Waals surface area contributed by atoms with Crippen LogP contribution in [0.4, 0.5) is 9.18 Å². The maximum atomic E-state index is 13.4. The summed E-state index contributed by atoms with van der Waals surface area (Å²) in [5.74, 6) is -0.340. The third-order valence-corrected chi connectivity index (χ3v) is 5.18. The molecule has 1 aromatic heterocycles. The van der Waals surface area contributed by atoms with E-state index in [-0.39, 0.29) is 24.2 Å². The van der Waals surface area contributed by atoms with Crippen LogP contribution in [0.3, 0.4) is 0 Å². The molecule has 8 heteroatoms. The van der Waals surface area contributed by atoms with Gasteiger partial charge in [-0.05, 0) is 32.9 Å². The van der Waals surface area contributed by atoms with Crippen LogP contribution in [0.2, 0.25) is 0 Å². The van der Waals surface area contributed by atoms with Crippen LogP contribution in [0.1, 0.15) is 26.5 Å². The van der Waals surface area contributed by atoms with Crippen molar-refractivity contribution in [3.63, 3.8) is 0 Å². The highest BCUT2D eigenvalue weighted by Crippen LogP contribution is 2.24. The Bertz CT molecular complexity index is 854. The van der Waals surface area contributed by atoms with E-state index in [9.17, 15) is 14.0 Å². The number of halogens is 1. The van der Waals surface area contributed by atoms with Crippen molar-refractivity contribution >= 4 is 23.3 Å². The quantitative estimate of drug-likeness (QED) is 0.783. The summed E-state index contributed by atoms with van der Waals surface area (Å²) in [6, 6.07) is 6.25. The molecule has 1 fully saturated rings. The number of rotatable bonds is 3. The Kier molecular flexibility index (Phi) is 5.98. The van der Waals surface area contributed by atoms with Gasteiger partial charge in [-0.3, -0.25) is 4.79 Å². The number of benzene rings is 1. The fourth-order valence-corrected chi connectivity index (χ4v) is 3.69. The maximum Gasteiger partial charge on any atom is 0.410 e. The molecule has 0 saturated carbocycles. The topological polar surface area (TPSA) is 62.7 Å². The van der Waals surface area contributed by atoms with Crippen molar-refractivity contribution in [3.05, 3.63) is 41.2 Å². The van der Waals surface area contributed by atoms with Gasteiger partial charge in [-0.1, -0.05) is 12.1 Å². The zero-order valence-corrected chi connectivity index (χ0v) is 17.1. The van der Waals surface area contributed by atoms with E-state index in [1.807, 2.05) is 26.2 Å². The van der Waals surface area contributed by atoms with Crippen LogP contribution in [-0.4, -0.2) is 58.6 Å². The minimum Gasteiger partial charge on any atom is -0.444 e. The number of hydrogen-bond donors (Lipinski definition) is 0. The molecule has 0 N–H and O–H groups in total. The average Bonchev–Trinajstić information content (AvgIpc) is 3.09. The molecule has 0 bridgehead atoms. The smallest absolute Gasteiger partial charge is 0.410 e. The third-order valence-electron chi connectivity index (χ3n) is 4.24. The van der Waals surface area contributed by atoms with Gasteiger partial charge in [0.1, 0.15) is 16.4 Å². The SMILES string of the molecule is CC(C)(C)OC(=O)N1CCN(C(=O)Cc2csc(-c3cccc(F)c3)n2)CC1. The Morgan fingerprint density at radius 1 is 1.18 bits per heavy atom. The number of piperazine rings is 1. The Hall–Kier alpha value is -2.48. The molecule has 0 spiro atoms. The Balaban J connectivity index is 1.53. The lowest BCUT2D eigenvalue weighted by atomic mass is 10.2. The van der Waals surface area contributed by atoms with Gasteiger partial charge in [0.15, 0.2) is 0 Å². The molecule has 6 nitrogen and oxygen atoms in total. The van der Waals surface area contributed by atoms with Crippen molar-refractivity contribution in [1.29, 1.82) is 0 Å². The molecular formula is C20H24FN3O3S. The lowest BCUT2D eigenvalue weighted by molar-refractivity contribution is -0.132. The second kappa shape index (κ2) is 8.26. The summed E-state index contributed by atoms with van der Waals surface area (Å²) in [4.78, 5) is 32.5. The molecule has 3 rings (SSSR count). The van der Waals surface area contributed by atoms with Crippen molar-refractivity contribution in [1.82, 2.24) is 14.8 Å². The molecule has 0 aliphatic carbocycles. The van der Waals surface area contributed by atoms with E-state index >= 15 is 0 Å². The van der Waals surface area contributed by atoms with Gasteiger partial charge < -0.3 is 14.5 Å². The van der Waals surface area contributed by atoms with Gasteiger partial charge >= 0.3 is 6.09 Å². The zero-order valence-electron chi connectivity index (χ0n) is 16.3. The molecule has 0 radical (unpaired) electrons. The number of carbonyl (C=O) groups is 2. The van der Waals surface area contributed by atoms with Gasteiger partial charge in [-0.15, -0.1) is 11.3 Å². The number of amides is 2. The van der Waals surface area contributed by atoms with E-state index in [0.717, 1.165) is 0 Å². The first-order chi connectivity index (χ1) is 13.2. The van der Waals surface area contributed by atoms with Crippen LogP contribution >= 0.6 is 11.3 Å². The van der Waals surface area contributed by atoms with Gasteiger partial charge in [0.2, 0.25) is 5.91 Å². The first-order valence-electron chi connectivity index (χ1n) is 9.17. The molecule has 1 aliphatic rings. The number of ether oxygens (including phenoxy) is 1. The van der Waals surface area contributed by atoms with E-state index in [4.69, 9.17) is 4.74 Å². The normalized spacial score (nSPS) is 14.9. The van der Waals surface area contributed by atoms with E-state index < -0.39 is 5.60 Å². The minimum absolute atomic E-state index is 0.0278. The number of carbonyl (C=O) groups excluding carboxylic acids is 2. The second-order valence-electron chi connectivity index (χ2n) is 7.68. The number of nitrogens with zero attached hydrogens (tertiary/aromatic N) is 3. The first kappa shape index (κ1) is 20.3. The van der Waals surface area contributed by atoms with Crippen LogP contribution in [-0.2, 0) is 16.0 Å². The highest BCUT2D eigenvalue weighted by Gasteiger charge is 2.27. The van der Waals surface area contributed by atoms with Gasteiger partial charge in [-0.2, -0.15) is 0 Å². The highest BCUT2D eigenvalue weighted by atomic mass is 32.1. The van der Waals surface area contributed by atoms with Gasteiger partial charge in [0, 0.05) is 37.1 Å². The molecule has 0 atom stereocenters. The van der Waals surface area contributed by atoms with E-state index in [2.05, 4.69) is 4.98 Å². The van der Waals surface area contributed by atoms with Crippen molar-refractivity contribution in [2.75, 3.05) is 26.2 Å². The summed E-state index contributed by atoms with van der Waals surface area (Å²) in [6.45, 7) is 7.33. The summed E-state index contributed by atoms with van der Waals surface area (Å²) in [7, 11) is 0. The molecular weight excluding hydrogens is 381 g/mol. The summed E-state index contributed by atoms with van der Waals surface area (Å²) in [5, 5.41) is 2.52. The van der Waals surface area contributed by atoms with E-state index in [1.54, 1.807) is 21.9 Å². The standard InChI is InChI=1S/C20H24FN3O3S/c1-20(2,3)27-19(26)24-9-7-23(8-10-24)17(25)12-16-13-28-18(22-16)14-5-4-6-15(21)11-14/h4-6,11,13H,7-10,12H2,1-3H3. The molecule has 0 unspecified atom stereocenters. The van der Waals surface area contributed by atoms with Crippen molar-refractivity contribution in [3.8, 4) is 10.6 Å². The second-order valence-corrected chi connectivity index (χ2v) is 8.54. The fraction of sp³-hybridized carbons (Fsp3) is 0.450. The van der Waals surface area contributed by atoms with E-state index in [0.29, 0.717) is 42.4 Å². The fourth-order valence-electron chi connectivity index (χ4n) is 2.87. The molecule has 1 saturated heterocycles. The predicted octanol–water partition coefficient (Wildman–Crippen LogP) is 3.57. The summed E-state index contributed by atoms with van der Waals surface area (Å²) in [5.41, 5.74) is 0.840. The molecule has 2 heterocycles. The molecule has 28 heavy (non-hydrogen) atoms. The predicted molar refractivity (Wildman–Crippen MR) is 106 cm³/mol. The molecule has 1 aromatic carbocycles. The van der Waals surface area contributed by atoms with Crippen LogP contribution in [0, 0.1) is 5.82 Å². The molecule has 2 amide bonds. The number of thiazole rings is 1. The molecule has 2 aromatic rings.